The highest BCUT2D eigenvalue weighted by molar-refractivity contribution is 7.10. The number of likely N-dealkylation sites (tertiary alicyclic amines) is 1. The van der Waals surface area contributed by atoms with Crippen molar-refractivity contribution in [3.63, 3.8) is 0 Å². The molecule has 0 spiro atoms. The molecule has 0 radical (unpaired) electrons. The fraction of sp³-hybridized carbons (Fsp3) is 0.444. The molecule has 2 aromatic heterocycles. The number of anilines is 1. The van der Waals surface area contributed by atoms with Crippen LogP contribution in [0.15, 0.2) is 36.0 Å². The molecule has 1 fully saturated rings. The first-order valence-corrected chi connectivity index (χ1v) is 9.72. The van der Waals surface area contributed by atoms with Gasteiger partial charge in [-0.05, 0) is 36.8 Å². The van der Waals surface area contributed by atoms with Gasteiger partial charge in [-0.3, -0.25) is 9.59 Å². The van der Waals surface area contributed by atoms with Gasteiger partial charge in [0.25, 0.3) is 0 Å². The SMILES string of the molecule is O=C(NCCCNc1ncccn1)C1CCCN1C(=O)Cc1cccs1. The van der Waals surface area contributed by atoms with Gasteiger partial charge in [-0.15, -0.1) is 11.3 Å². The number of amides is 2. The van der Waals surface area contributed by atoms with Crippen molar-refractivity contribution in [2.75, 3.05) is 25.0 Å². The lowest BCUT2D eigenvalue weighted by Crippen LogP contribution is -2.46. The molecule has 26 heavy (non-hydrogen) atoms. The summed E-state index contributed by atoms with van der Waals surface area (Å²) >= 11 is 1.57. The third-order valence-electron chi connectivity index (χ3n) is 4.28. The van der Waals surface area contributed by atoms with Crippen LogP contribution in [0.1, 0.15) is 24.1 Å². The van der Waals surface area contributed by atoms with Crippen molar-refractivity contribution >= 4 is 29.1 Å². The standard InChI is InChI=1S/C18H23N5O2S/c24-16(13-14-5-2-12-26-14)23-11-1-6-15(23)17(25)19-7-3-8-20-18-21-9-4-10-22-18/h2,4-5,9-10,12,15H,1,3,6-8,11,13H2,(H,19,25)(H,20,21,22). The molecular weight excluding hydrogens is 350 g/mol. The molecule has 1 unspecified atom stereocenters. The van der Waals surface area contributed by atoms with Gasteiger partial charge in [0.2, 0.25) is 17.8 Å². The molecule has 1 aliphatic heterocycles. The second-order valence-corrected chi connectivity index (χ2v) is 7.18. The molecule has 7 nitrogen and oxygen atoms in total. The lowest BCUT2D eigenvalue weighted by molar-refractivity contribution is -0.137. The van der Waals surface area contributed by atoms with Crippen LogP contribution in [-0.2, 0) is 16.0 Å². The number of carbonyl (C=O) groups excluding carboxylic acids is 2. The van der Waals surface area contributed by atoms with Crippen LogP contribution in [0, 0.1) is 0 Å². The zero-order valence-electron chi connectivity index (χ0n) is 14.6. The number of rotatable bonds is 8. The average Bonchev–Trinajstić information content (AvgIpc) is 3.34. The molecule has 1 saturated heterocycles. The zero-order chi connectivity index (χ0) is 18.2. The van der Waals surface area contributed by atoms with Gasteiger partial charge in [-0.25, -0.2) is 9.97 Å². The molecule has 3 heterocycles. The maximum atomic E-state index is 12.5. The summed E-state index contributed by atoms with van der Waals surface area (Å²) in [4.78, 5) is 35.9. The Morgan fingerprint density at radius 3 is 2.85 bits per heavy atom. The van der Waals surface area contributed by atoms with Crippen LogP contribution in [0.25, 0.3) is 0 Å². The fourth-order valence-corrected chi connectivity index (χ4v) is 3.71. The second-order valence-electron chi connectivity index (χ2n) is 6.15. The summed E-state index contributed by atoms with van der Waals surface area (Å²) < 4.78 is 0. The van der Waals surface area contributed by atoms with Crippen molar-refractivity contribution in [2.24, 2.45) is 0 Å². The van der Waals surface area contributed by atoms with E-state index in [9.17, 15) is 9.59 Å². The summed E-state index contributed by atoms with van der Waals surface area (Å²) in [6, 6.07) is 5.32. The monoisotopic (exact) mass is 373 g/mol. The normalized spacial score (nSPS) is 16.5. The predicted octanol–water partition coefficient (Wildman–Crippen LogP) is 1.69. The maximum Gasteiger partial charge on any atom is 0.242 e. The van der Waals surface area contributed by atoms with E-state index in [2.05, 4.69) is 20.6 Å². The van der Waals surface area contributed by atoms with Gasteiger partial charge >= 0.3 is 0 Å². The summed E-state index contributed by atoms with van der Waals surface area (Å²) in [5.74, 6) is 0.561. The highest BCUT2D eigenvalue weighted by Gasteiger charge is 2.33. The van der Waals surface area contributed by atoms with Gasteiger partial charge in [0.05, 0.1) is 6.42 Å². The molecule has 0 saturated carbocycles. The fourth-order valence-electron chi connectivity index (χ4n) is 3.01. The number of carbonyl (C=O) groups is 2. The van der Waals surface area contributed by atoms with Gasteiger partial charge in [0, 0.05) is 36.9 Å². The van der Waals surface area contributed by atoms with E-state index >= 15 is 0 Å². The molecule has 1 atom stereocenters. The smallest absolute Gasteiger partial charge is 0.242 e. The third kappa shape index (κ3) is 5.01. The summed E-state index contributed by atoms with van der Waals surface area (Å²) in [5.41, 5.74) is 0. The summed E-state index contributed by atoms with van der Waals surface area (Å²) in [7, 11) is 0. The Morgan fingerprint density at radius 2 is 2.08 bits per heavy atom. The first kappa shape index (κ1) is 18.3. The van der Waals surface area contributed by atoms with E-state index in [0.717, 1.165) is 24.1 Å². The molecule has 8 heteroatoms. The van der Waals surface area contributed by atoms with E-state index in [1.807, 2.05) is 17.5 Å². The number of nitrogens with zero attached hydrogens (tertiary/aromatic N) is 3. The zero-order valence-corrected chi connectivity index (χ0v) is 15.4. The first-order chi connectivity index (χ1) is 12.7. The predicted molar refractivity (Wildman–Crippen MR) is 101 cm³/mol. The Balaban J connectivity index is 1.39. The molecule has 138 valence electrons. The number of hydrogen-bond donors (Lipinski definition) is 2. The van der Waals surface area contributed by atoms with E-state index in [-0.39, 0.29) is 17.9 Å². The van der Waals surface area contributed by atoms with Gasteiger partial charge in [0.15, 0.2) is 0 Å². The minimum Gasteiger partial charge on any atom is -0.354 e. The number of nitrogens with one attached hydrogen (secondary N) is 2. The third-order valence-corrected chi connectivity index (χ3v) is 5.16. The Morgan fingerprint density at radius 1 is 1.23 bits per heavy atom. The largest absolute Gasteiger partial charge is 0.354 e. The van der Waals surface area contributed by atoms with Crippen molar-refractivity contribution in [3.8, 4) is 0 Å². The molecule has 2 N–H and O–H groups in total. The van der Waals surface area contributed by atoms with E-state index in [0.29, 0.717) is 32.0 Å². The molecule has 2 amide bonds. The van der Waals surface area contributed by atoms with E-state index in [1.54, 1.807) is 34.7 Å². The lowest BCUT2D eigenvalue weighted by Gasteiger charge is -2.24. The number of hydrogen-bond acceptors (Lipinski definition) is 6. The number of aromatic nitrogens is 2. The number of thiophene rings is 1. The molecule has 3 rings (SSSR count). The second kappa shape index (κ2) is 9.28. The van der Waals surface area contributed by atoms with Crippen molar-refractivity contribution in [3.05, 3.63) is 40.8 Å². The van der Waals surface area contributed by atoms with Gasteiger partial charge in [-0.2, -0.15) is 0 Å². The van der Waals surface area contributed by atoms with E-state index < -0.39 is 0 Å². The van der Waals surface area contributed by atoms with Gasteiger partial charge in [0.1, 0.15) is 6.04 Å². The minimum absolute atomic E-state index is 0.0352. The lowest BCUT2D eigenvalue weighted by atomic mass is 10.2. The first-order valence-electron chi connectivity index (χ1n) is 8.84. The van der Waals surface area contributed by atoms with Gasteiger partial charge < -0.3 is 15.5 Å². The molecule has 2 aromatic rings. The van der Waals surface area contributed by atoms with Crippen LogP contribution in [0.3, 0.4) is 0 Å². The van der Waals surface area contributed by atoms with Crippen molar-refractivity contribution in [2.45, 2.75) is 31.7 Å². The van der Waals surface area contributed by atoms with E-state index in [1.165, 1.54) is 0 Å². The van der Waals surface area contributed by atoms with Gasteiger partial charge in [-0.1, -0.05) is 6.07 Å². The Kier molecular flexibility index (Phi) is 6.54. The van der Waals surface area contributed by atoms with Crippen molar-refractivity contribution < 1.29 is 9.59 Å². The molecule has 0 aliphatic carbocycles. The van der Waals surface area contributed by atoms with Crippen LogP contribution in [-0.4, -0.2) is 52.4 Å². The highest BCUT2D eigenvalue weighted by atomic mass is 32.1. The molecule has 0 aromatic carbocycles. The average molecular weight is 373 g/mol. The molecule has 1 aliphatic rings. The topological polar surface area (TPSA) is 87.2 Å². The molecule has 0 bridgehead atoms. The summed E-state index contributed by atoms with van der Waals surface area (Å²) in [6.45, 7) is 1.90. The summed E-state index contributed by atoms with van der Waals surface area (Å²) in [5, 5.41) is 8.01. The van der Waals surface area contributed by atoms with Crippen LogP contribution in [0.4, 0.5) is 5.95 Å². The van der Waals surface area contributed by atoms with Crippen LogP contribution in [0.2, 0.25) is 0 Å². The summed E-state index contributed by atoms with van der Waals surface area (Å²) in [6.07, 6.45) is 6.11. The quantitative estimate of drug-likeness (QED) is 0.688. The van der Waals surface area contributed by atoms with Crippen molar-refractivity contribution in [1.29, 1.82) is 0 Å². The Labute approximate surface area is 156 Å². The maximum absolute atomic E-state index is 12.5. The Bertz CT molecular complexity index is 708. The van der Waals surface area contributed by atoms with Crippen LogP contribution in [0.5, 0.6) is 0 Å². The van der Waals surface area contributed by atoms with Crippen LogP contribution >= 0.6 is 11.3 Å². The molecular formula is C18H23N5O2S. The van der Waals surface area contributed by atoms with E-state index in [4.69, 9.17) is 0 Å². The van der Waals surface area contributed by atoms with Crippen molar-refractivity contribution in [1.82, 2.24) is 20.2 Å². The minimum atomic E-state index is -0.340. The highest BCUT2D eigenvalue weighted by Crippen LogP contribution is 2.20. The van der Waals surface area contributed by atoms with Crippen LogP contribution < -0.4 is 10.6 Å². The Hall–Kier alpha value is -2.48.